The zero-order valence-corrected chi connectivity index (χ0v) is 11.3. The molecule has 0 radical (unpaired) electrons. The second-order valence-electron chi connectivity index (χ2n) is 4.15. The van der Waals surface area contributed by atoms with Crippen molar-refractivity contribution in [1.82, 2.24) is 4.90 Å². The number of benzene rings is 1. The maximum absolute atomic E-state index is 12.2. The number of rotatable bonds is 2. The van der Waals surface area contributed by atoms with Crippen molar-refractivity contribution in [2.24, 2.45) is 0 Å². The Balaban J connectivity index is 2.25. The molecule has 0 aliphatic carbocycles. The number of carboxylic acids is 1. The molecular weight excluding hydrogens is 298 g/mol. The standard InChI is InChI=1S/C13H12BrNO3/c1-8-6-7-15(11(8)13(17)18)12(16)9-2-4-10(14)5-3-9/h2-6,11H,7H2,1H3,(H,17,18). The Labute approximate surface area is 113 Å². The maximum Gasteiger partial charge on any atom is 0.330 e. The van der Waals surface area contributed by atoms with Crippen LogP contribution in [-0.2, 0) is 4.79 Å². The topological polar surface area (TPSA) is 57.6 Å². The van der Waals surface area contributed by atoms with Crippen LogP contribution in [0.3, 0.4) is 0 Å². The highest BCUT2D eigenvalue weighted by molar-refractivity contribution is 9.10. The molecule has 0 spiro atoms. The van der Waals surface area contributed by atoms with Crippen molar-refractivity contribution in [2.75, 3.05) is 6.54 Å². The van der Waals surface area contributed by atoms with E-state index >= 15 is 0 Å². The molecule has 0 aromatic heterocycles. The van der Waals surface area contributed by atoms with Crippen LogP contribution in [0.25, 0.3) is 0 Å². The van der Waals surface area contributed by atoms with Crippen molar-refractivity contribution >= 4 is 27.8 Å². The molecule has 1 atom stereocenters. The number of hydrogen-bond acceptors (Lipinski definition) is 2. The molecule has 0 fully saturated rings. The summed E-state index contributed by atoms with van der Waals surface area (Å²) < 4.78 is 0.879. The van der Waals surface area contributed by atoms with E-state index in [4.69, 9.17) is 5.11 Å². The molecule has 1 aliphatic heterocycles. The van der Waals surface area contributed by atoms with Crippen LogP contribution >= 0.6 is 15.9 Å². The van der Waals surface area contributed by atoms with Gasteiger partial charge >= 0.3 is 5.97 Å². The van der Waals surface area contributed by atoms with E-state index in [1.165, 1.54) is 4.90 Å². The second-order valence-corrected chi connectivity index (χ2v) is 5.07. The number of carbonyl (C=O) groups is 2. The predicted octanol–water partition coefficient (Wildman–Crippen LogP) is 2.30. The molecule has 1 aromatic carbocycles. The van der Waals surface area contributed by atoms with Gasteiger partial charge in [0.2, 0.25) is 0 Å². The third kappa shape index (κ3) is 2.31. The molecule has 1 aliphatic rings. The Kier molecular flexibility index (Phi) is 3.52. The zero-order valence-electron chi connectivity index (χ0n) is 9.76. The van der Waals surface area contributed by atoms with E-state index in [0.29, 0.717) is 17.7 Å². The number of aliphatic carboxylic acids is 1. The lowest BCUT2D eigenvalue weighted by Gasteiger charge is -2.23. The van der Waals surface area contributed by atoms with Crippen LogP contribution in [0.15, 0.2) is 40.4 Å². The molecule has 0 bridgehead atoms. The van der Waals surface area contributed by atoms with Crippen molar-refractivity contribution in [3.8, 4) is 0 Å². The fourth-order valence-electron chi connectivity index (χ4n) is 1.99. The Morgan fingerprint density at radius 3 is 2.50 bits per heavy atom. The summed E-state index contributed by atoms with van der Waals surface area (Å²) >= 11 is 3.29. The molecule has 1 heterocycles. The molecule has 18 heavy (non-hydrogen) atoms. The lowest BCUT2D eigenvalue weighted by atomic mass is 10.1. The van der Waals surface area contributed by atoms with Crippen LogP contribution in [0.1, 0.15) is 17.3 Å². The van der Waals surface area contributed by atoms with E-state index < -0.39 is 12.0 Å². The van der Waals surface area contributed by atoms with Gasteiger partial charge in [0.1, 0.15) is 0 Å². The van der Waals surface area contributed by atoms with Crippen LogP contribution in [0.2, 0.25) is 0 Å². The van der Waals surface area contributed by atoms with Gasteiger partial charge in [-0.3, -0.25) is 4.79 Å². The highest BCUT2D eigenvalue weighted by Crippen LogP contribution is 2.21. The largest absolute Gasteiger partial charge is 0.479 e. The normalized spacial score (nSPS) is 18.7. The summed E-state index contributed by atoms with van der Waals surface area (Å²) in [5.41, 5.74) is 1.19. The Hall–Kier alpha value is -1.62. The van der Waals surface area contributed by atoms with Crippen LogP contribution in [0.5, 0.6) is 0 Å². The first-order valence-corrected chi connectivity index (χ1v) is 6.26. The van der Waals surface area contributed by atoms with Gasteiger partial charge in [0.15, 0.2) is 6.04 Å². The van der Waals surface area contributed by atoms with E-state index in [-0.39, 0.29) is 5.91 Å². The number of nitrogens with zero attached hydrogens (tertiary/aromatic N) is 1. The van der Waals surface area contributed by atoms with E-state index in [1.807, 2.05) is 0 Å². The van der Waals surface area contributed by atoms with Crippen LogP contribution in [0.4, 0.5) is 0 Å². The Bertz CT molecular complexity index is 522. The van der Waals surface area contributed by atoms with Crippen molar-refractivity contribution in [3.63, 3.8) is 0 Å². The van der Waals surface area contributed by atoms with Crippen molar-refractivity contribution < 1.29 is 14.7 Å². The van der Waals surface area contributed by atoms with Crippen molar-refractivity contribution in [1.29, 1.82) is 0 Å². The Morgan fingerprint density at radius 1 is 1.33 bits per heavy atom. The number of halogens is 1. The number of hydrogen-bond donors (Lipinski definition) is 1. The summed E-state index contributed by atoms with van der Waals surface area (Å²) in [6.45, 7) is 2.07. The summed E-state index contributed by atoms with van der Waals surface area (Å²) in [7, 11) is 0. The quantitative estimate of drug-likeness (QED) is 0.853. The second kappa shape index (κ2) is 4.94. The molecule has 0 saturated heterocycles. The molecular formula is C13H12BrNO3. The Morgan fingerprint density at radius 2 is 1.94 bits per heavy atom. The van der Waals surface area contributed by atoms with Crippen LogP contribution in [-0.4, -0.2) is 34.5 Å². The lowest BCUT2D eigenvalue weighted by molar-refractivity contribution is -0.140. The highest BCUT2D eigenvalue weighted by atomic mass is 79.9. The molecule has 1 unspecified atom stereocenters. The predicted molar refractivity (Wildman–Crippen MR) is 70.4 cm³/mol. The van der Waals surface area contributed by atoms with Crippen LogP contribution in [0, 0.1) is 0 Å². The summed E-state index contributed by atoms with van der Waals surface area (Å²) in [6, 6.07) is 6.04. The molecule has 1 amide bonds. The average Bonchev–Trinajstić information content (AvgIpc) is 2.71. The third-order valence-corrected chi connectivity index (χ3v) is 3.47. The average molecular weight is 310 g/mol. The molecule has 5 heteroatoms. The van der Waals surface area contributed by atoms with Crippen molar-refractivity contribution in [3.05, 3.63) is 46.0 Å². The smallest absolute Gasteiger partial charge is 0.330 e. The summed E-state index contributed by atoms with van der Waals surface area (Å²) in [6.07, 6.45) is 1.77. The summed E-state index contributed by atoms with van der Waals surface area (Å²) in [5, 5.41) is 9.15. The van der Waals surface area contributed by atoms with Crippen LogP contribution < -0.4 is 0 Å². The first kappa shape index (κ1) is 12.8. The number of amides is 1. The number of carboxylic acid groups (broad SMARTS) is 1. The van der Waals surface area contributed by atoms with Gasteiger partial charge < -0.3 is 10.0 Å². The van der Waals surface area contributed by atoms with Gasteiger partial charge in [-0.05, 0) is 36.8 Å². The van der Waals surface area contributed by atoms with E-state index in [0.717, 1.165) is 4.47 Å². The maximum atomic E-state index is 12.2. The van der Waals surface area contributed by atoms with Gasteiger partial charge in [0, 0.05) is 16.6 Å². The summed E-state index contributed by atoms with van der Waals surface area (Å²) in [5.74, 6) is -1.25. The monoisotopic (exact) mass is 309 g/mol. The van der Waals surface area contributed by atoms with Gasteiger partial charge in [-0.25, -0.2) is 4.79 Å². The van der Waals surface area contributed by atoms with E-state index in [2.05, 4.69) is 15.9 Å². The first-order chi connectivity index (χ1) is 8.50. The van der Waals surface area contributed by atoms with Crippen molar-refractivity contribution in [2.45, 2.75) is 13.0 Å². The molecule has 94 valence electrons. The number of carbonyl (C=O) groups excluding carboxylic acids is 1. The lowest BCUT2D eigenvalue weighted by Crippen LogP contribution is -2.42. The minimum absolute atomic E-state index is 0.261. The van der Waals surface area contributed by atoms with Gasteiger partial charge in [-0.2, -0.15) is 0 Å². The first-order valence-electron chi connectivity index (χ1n) is 5.46. The fraction of sp³-hybridized carbons (Fsp3) is 0.231. The van der Waals surface area contributed by atoms with E-state index in [9.17, 15) is 9.59 Å². The van der Waals surface area contributed by atoms with Gasteiger partial charge in [0.05, 0.1) is 0 Å². The third-order valence-electron chi connectivity index (χ3n) is 2.94. The van der Waals surface area contributed by atoms with E-state index in [1.54, 1.807) is 37.3 Å². The minimum atomic E-state index is -0.994. The van der Waals surface area contributed by atoms with Gasteiger partial charge in [-0.1, -0.05) is 22.0 Å². The minimum Gasteiger partial charge on any atom is -0.479 e. The SMILES string of the molecule is CC1=CCN(C(=O)c2ccc(Br)cc2)C1C(=O)O. The zero-order chi connectivity index (χ0) is 13.3. The molecule has 1 N–H and O–H groups in total. The molecule has 0 saturated carbocycles. The van der Waals surface area contributed by atoms with Gasteiger partial charge in [-0.15, -0.1) is 0 Å². The summed E-state index contributed by atoms with van der Waals surface area (Å²) in [4.78, 5) is 24.8. The highest BCUT2D eigenvalue weighted by Gasteiger charge is 2.34. The van der Waals surface area contributed by atoms with Gasteiger partial charge in [0.25, 0.3) is 5.91 Å². The molecule has 2 rings (SSSR count). The molecule has 4 nitrogen and oxygen atoms in total. The molecule has 1 aromatic rings. The fourth-order valence-corrected chi connectivity index (χ4v) is 2.26.